The summed E-state index contributed by atoms with van der Waals surface area (Å²) in [5, 5.41) is 6.47. The van der Waals surface area contributed by atoms with Crippen LogP contribution in [-0.4, -0.2) is 9.97 Å². The van der Waals surface area contributed by atoms with Gasteiger partial charge in [0.25, 0.3) is 0 Å². The SMILES string of the molecule is CC(C)c1ccccc1Nc1cc(Nc2ccc(F)cc2)ncn1. The Bertz CT molecular complexity index is 816. The Kier molecular flexibility index (Phi) is 4.70. The van der Waals surface area contributed by atoms with Crippen LogP contribution in [0.15, 0.2) is 60.9 Å². The molecule has 0 atom stereocenters. The van der Waals surface area contributed by atoms with Gasteiger partial charge in [0.15, 0.2) is 0 Å². The summed E-state index contributed by atoms with van der Waals surface area (Å²) in [7, 11) is 0. The highest BCUT2D eigenvalue weighted by molar-refractivity contribution is 5.65. The van der Waals surface area contributed by atoms with E-state index in [1.165, 1.54) is 24.0 Å². The van der Waals surface area contributed by atoms with Crippen LogP contribution >= 0.6 is 0 Å². The summed E-state index contributed by atoms with van der Waals surface area (Å²) in [6.45, 7) is 4.31. The molecule has 3 rings (SSSR count). The quantitative estimate of drug-likeness (QED) is 0.675. The van der Waals surface area contributed by atoms with Gasteiger partial charge in [-0.15, -0.1) is 0 Å². The monoisotopic (exact) mass is 322 g/mol. The highest BCUT2D eigenvalue weighted by Gasteiger charge is 2.07. The number of aromatic nitrogens is 2. The van der Waals surface area contributed by atoms with E-state index in [9.17, 15) is 4.39 Å². The van der Waals surface area contributed by atoms with Crippen LogP contribution in [0.3, 0.4) is 0 Å². The predicted molar refractivity (Wildman–Crippen MR) is 95.5 cm³/mol. The van der Waals surface area contributed by atoms with Gasteiger partial charge in [-0.3, -0.25) is 0 Å². The van der Waals surface area contributed by atoms with E-state index in [1.54, 1.807) is 12.1 Å². The number of rotatable bonds is 5. The molecule has 0 bridgehead atoms. The van der Waals surface area contributed by atoms with Gasteiger partial charge in [0.05, 0.1) is 0 Å². The molecule has 5 heteroatoms. The summed E-state index contributed by atoms with van der Waals surface area (Å²) in [5.74, 6) is 1.48. The van der Waals surface area contributed by atoms with E-state index in [0.717, 1.165) is 11.4 Å². The highest BCUT2D eigenvalue weighted by Crippen LogP contribution is 2.27. The molecule has 0 unspecified atom stereocenters. The first-order valence-electron chi connectivity index (χ1n) is 7.82. The molecule has 0 fully saturated rings. The Morgan fingerprint density at radius 1 is 0.875 bits per heavy atom. The second-order valence-corrected chi connectivity index (χ2v) is 5.79. The van der Waals surface area contributed by atoms with E-state index in [0.29, 0.717) is 17.6 Å². The minimum Gasteiger partial charge on any atom is -0.340 e. The maximum atomic E-state index is 13.0. The molecule has 3 aromatic rings. The van der Waals surface area contributed by atoms with Crippen LogP contribution in [0.25, 0.3) is 0 Å². The lowest BCUT2D eigenvalue weighted by molar-refractivity contribution is 0.628. The summed E-state index contributed by atoms with van der Waals surface area (Å²) in [4.78, 5) is 8.47. The normalized spacial score (nSPS) is 10.7. The van der Waals surface area contributed by atoms with E-state index in [1.807, 2.05) is 24.3 Å². The van der Waals surface area contributed by atoms with E-state index < -0.39 is 0 Å². The van der Waals surface area contributed by atoms with Crippen molar-refractivity contribution in [3.8, 4) is 0 Å². The van der Waals surface area contributed by atoms with Gasteiger partial charge in [-0.1, -0.05) is 32.0 Å². The summed E-state index contributed by atoms with van der Waals surface area (Å²) in [5.41, 5.74) is 3.02. The van der Waals surface area contributed by atoms with Crippen molar-refractivity contribution >= 4 is 23.0 Å². The number of benzene rings is 2. The molecule has 2 N–H and O–H groups in total. The van der Waals surface area contributed by atoms with Crippen LogP contribution < -0.4 is 10.6 Å². The van der Waals surface area contributed by atoms with Crippen molar-refractivity contribution in [1.29, 1.82) is 0 Å². The molecular weight excluding hydrogens is 303 g/mol. The van der Waals surface area contributed by atoms with E-state index in [-0.39, 0.29) is 5.82 Å². The van der Waals surface area contributed by atoms with Crippen molar-refractivity contribution in [1.82, 2.24) is 9.97 Å². The van der Waals surface area contributed by atoms with Crippen molar-refractivity contribution in [3.63, 3.8) is 0 Å². The molecule has 24 heavy (non-hydrogen) atoms. The average molecular weight is 322 g/mol. The van der Waals surface area contributed by atoms with Crippen molar-refractivity contribution in [2.24, 2.45) is 0 Å². The first-order valence-corrected chi connectivity index (χ1v) is 7.82. The molecule has 0 saturated heterocycles. The first kappa shape index (κ1) is 15.9. The zero-order valence-corrected chi connectivity index (χ0v) is 13.6. The lowest BCUT2D eigenvalue weighted by Gasteiger charge is -2.14. The summed E-state index contributed by atoms with van der Waals surface area (Å²) in [6, 6.07) is 16.1. The van der Waals surface area contributed by atoms with Crippen LogP contribution in [0, 0.1) is 5.82 Å². The molecule has 0 aliphatic carbocycles. The van der Waals surface area contributed by atoms with Crippen molar-refractivity contribution in [2.75, 3.05) is 10.6 Å². The molecule has 0 radical (unpaired) electrons. The second-order valence-electron chi connectivity index (χ2n) is 5.79. The Balaban J connectivity index is 1.80. The number of nitrogens with zero attached hydrogens (tertiary/aromatic N) is 2. The standard InChI is InChI=1S/C19H19FN4/c1-13(2)16-5-3-4-6-17(16)24-19-11-18(21-12-22-19)23-15-9-7-14(20)8-10-15/h3-13H,1-2H3,(H2,21,22,23,24). The van der Waals surface area contributed by atoms with Crippen molar-refractivity contribution in [2.45, 2.75) is 19.8 Å². The summed E-state index contributed by atoms with van der Waals surface area (Å²) >= 11 is 0. The molecule has 4 nitrogen and oxygen atoms in total. The fourth-order valence-electron chi connectivity index (χ4n) is 2.43. The second kappa shape index (κ2) is 7.08. The van der Waals surface area contributed by atoms with Crippen LogP contribution in [0.5, 0.6) is 0 Å². The van der Waals surface area contributed by atoms with Gasteiger partial charge in [-0.25, -0.2) is 14.4 Å². The predicted octanol–water partition coefficient (Wildman–Crippen LogP) is 5.23. The molecule has 0 aliphatic heterocycles. The molecule has 0 amide bonds. The molecule has 0 spiro atoms. The topological polar surface area (TPSA) is 49.8 Å². The Morgan fingerprint density at radius 2 is 1.54 bits per heavy atom. The maximum Gasteiger partial charge on any atom is 0.135 e. The third-order valence-electron chi connectivity index (χ3n) is 3.63. The van der Waals surface area contributed by atoms with Crippen LogP contribution in [0.4, 0.5) is 27.4 Å². The van der Waals surface area contributed by atoms with Crippen LogP contribution in [0.2, 0.25) is 0 Å². The lowest BCUT2D eigenvalue weighted by Crippen LogP contribution is -2.01. The van der Waals surface area contributed by atoms with Crippen molar-refractivity contribution in [3.05, 3.63) is 72.3 Å². The van der Waals surface area contributed by atoms with E-state index >= 15 is 0 Å². The first-order chi connectivity index (χ1) is 11.6. The van der Waals surface area contributed by atoms with Crippen LogP contribution in [0.1, 0.15) is 25.3 Å². The molecule has 2 aromatic carbocycles. The molecule has 0 aliphatic rings. The number of anilines is 4. The molecule has 122 valence electrons. The number of nitrogens with one attached hydrogen (secondary N) is 2. The third kappa shape index (κ3) is 3.87. The minimum absolute atomic E-state index is 0.268. The average Bonchev–Trinajstić information content (AvgIpc) is 2.58. The number of hydrogen-bond acceptors (Lipinski definition) is 4. The Labute approximate surface area is 140 Å². The number of para-hydroxylation sites is 1. The largest absolute Gasteiger partial charge is 0.340 e. The van der Waals surface area contributed by atoms with Crippen molar-refractivity contribution < 1.29 is 4.39 Å². The molecular formula is C19H19FN4. The van der Waals surface area contributed by atoms with Gasteiger partial charge in [0.1, 0.15) is 23.8 Å². The fourth-order valence-corrected chi connectivity index (χ4v) is 2.43. The molecule has 1 aromatic heterocycles. The van der Waals surface area contributed by atoms with Gasteiger partial charge in [0.2, 0.25) is 0 Å². The lowest BCUT2D eigenvalue weighted by atomic mass is 10.0. The summed E-state index contributed by atoms with van der Waals surface area (Å²) in [6.07, 6.45) is 1.49. The zero-order valence-electron chi connectivity index (χ0n) is 13.6. The van der Waals surface area contributed by atoms with Crippen LogP contribution in [-0.2, 0) is 0 Å². The highest BCUT2D eigenvalue weighted by atomic mass is 19.1. The minimum atomic E-state index is -0.268. The molecule has 1 heterocycles. The van der Waals surface area contributed by atoms with E-state index in [4.69, 9.17) is 0 Å². The van der Waals surface area contributed by atoms with Gasteiger partial charge < -0.3 is 10.6 Å². The maximum absolute atomic E-state index is 13.0. The third-order valence-corrected chi connectivity index (χ3v) is 3.63. The molecule has 0 saturated carbocycles. The zero-order chi connectivity index (χ0) is 16.9. The number of halogens is 1. The van der Waals surface area contributed by atoms with Gasteiger partial charge in [0, 0.05) is 17.4 Å². The Hall–Kier alpha value is -2.95. The smallest absolute Gasteiger partial charge is 0.135 e. The number of hydrogen-bond donors (Lipinski definition) is 2. The Morgan fingerprint density at radius 3 is 2.25 bits per heavy atom. The van der Waals surface area contributed by atoms with E-state index in [2.05, 4.69) is 40.5 Å². The van der Waals surface area contributed by atoms with Gasteiger partial charge >= 0.3 is 0 Å². The van der Waals surface area contributed by atoms with Gasteiger partial charge in [-0.2, -0.15) is 0 Å². The fraction of sp³-hybridized carbons (Fsp3) is 0.158. The summed E-state index contributed by atoms with van der Waals surface area (Å²) < 4.78 is 13.0. The van der Waals surface area contributed by atoms with Gasteiger partial charge in [-0.05, 0) is 41.8 Å².